The third-order valence-corrected chi connectivity index (χ3v) is 14.0. The summed E-state index contributed by atoms with van der Waals surface area (Å²) in [6.45, 7) is 2.18. The van der Waals surface area contributed by atoms with Gasteiger partial charge in [-0.1, -0.05) is 146 Å². The lowest BCUT2D eigenvalue weighted by molar-refractivity contribution is 0.156. The van der Waals surface area contributed by atoms with Crippen LogP contribution in [-0.4, -0.2) is 25.1 Å². The molecule has 0 N–H and O–H groups in total. The van der Waals surface area contributed by atoms with Crippen molar-refractivity contribution in [2.45, 2.75) is 18.4 Å². The Morgan fingerprint density at radius 2 is 1.26 bits per heavy atom. The van der Waals surface area contributed by atoms with Crippen molar-refractivity contribution in [3.8, 4) is 56.7 Å². The van der Waals surface area contributed by atoms with Gasteiger partial charge in [-0.2, -0.15) is 0 Å². The number of ether oxygens (including phenoxy) is 1. The number of aromatic nitrogens is 4. The minimum Gasteiger partial charge on any atom is -0.481 e. The molecule has 13 rings (SSSR count). The molecule has 5 nitrogen and oxygen atoms in total. The molecule has 11 aromatic rings. The molecular formula is C56H36N4OS. The van der Waals surface area contributed by atoms with Gasteiger partial charge in [0.15, 0.2) is 17.5 Å². The summed E-state index contributed by atoms with van der Waals surface area (Å²) in [6, 6.07) is 60.5. The summed E-state index contributed by atoms with van der Waals surface area (Å²) < 4.78 is 12.0. The second kappa shape index (κ2) is 13.4. The predicted molar refractivity (Wildman–Crippen MR) is 256 cm³/mol. The molecule has 2 atom stereocenters. The molecule has 62 heavy (non-hydrogen) atoms. The Kier molecular flexibility index (Phi) is 7.60. The standard InChI is InChI=1S/C56H36N4OS/c1-56-30-12-11-25-45(56)42-28-29-47(60-46-26-9-7-21-39(46)44-32-36-17-5-6-18-37(36)33-48(44)60)50(51(42)61-56)55-58-53(38-20-13-19-35(31-38)34-15-3-2-4-16-34)57-54(59-55)43-24-14-23-41-40-22-8-10-27-49(40)62-52(41)43/h2-33,45H,1H3. The van der Waals surface area contributed by atoms with Gasteiger partial charge in [-0.05, 0) is 77.4 Å². The number of hydrogen-bond acceptors (Lipinski definition) is 5. The summed E-state index contributed by atoms with van der Waals surface area (Å²) in [7, 11) is 0. The molecule has 0 saturated carbocycles. The van der Waals surface area contributed by atoms with Gasteiger partial charge < -0.3 is 9.30 Å². The van der Waals surface area contributed by atoms with Crippen molar-refractivity contribution in [1.82, 2.24) is 19.5 Å². The molecule has 4 heterocycles. The molecule has 3 aromatic heterocycles. The van der Waals surface area contributed by atoms with Crippen LogP contribution >= 0.6 is 11.3 Å². The van der Waals surface area contributed by atoms with Crippen molar-refractivity contribution in [3.63, 3.8) is 0 Å². The molecule has 0 saturated heterocycles. The number of fused-ring (bicyclic) bond motifs is 10. The van der Waals surface area contributed by atoms with Crippen LogP contribution in [0.2, 0.25) is 0 Å². The maximum absolute atomic E-state index is 7.25. The summed E-state index contributed by atoms with van der Waals surface area (Å²) in [5, 5.41) is 7.16. The van der Waals surface area contributed by atoms with Gasteiger partial charge in [0.2, 0.25) is 0 Å². The van der Waals surface area contributed by atoms with Crippen LogP contribution in [0.1, 0.15) is 18.4 Å². The average Bonchev–Trinajstić information content (AvgIpc) is 3.97. The first-order valence-corrected chi connectivity index (χ1v) is 21.9. The monoisotopic (exact) mass is 812 g/mol. The van der Waals surface area contributed by atoms with Crippen molar-refractivity contribution in [2.75, 3.05) is 0 Å². The number of allylic oxidation sites excluding steroid dienone is 2. The highest BCUT2D eigenvalue weighted by Gasteiger charge is 2.45. The van der Waals surface area contributed by atoms with Crippen molar-refractivity contribution in [2.24, 2.45) is 0 Å². The quantitative estimate of drug-likeness (QED) is 0.174. The topological polar surface area (TPSA) is 52.8 Å². The van der Waals surface area contributed by atoms with Crippen LogP contribution in [0, 0.1) is 0 Å². The highest BCUT2D eigenvalue weighted by molar-refractivity contribution is 7.26. The Morgan fingerprint density at radius 3 is 2.16 bits per heavy atom. The van der Waals surface area contributed by atoms with Crippen molar-refractivity contribution < 1.29 is 4.74 Å². The SMILES string of the molecule is CC12C=CC=CC1c1ccc(-n3c4ccccc4c4cc5ccccc5cc43)c(-c3nc(-c4cccc(-c5ccccc5)c4)nc(-c4cccc5c4sc4ccccc45)n3)c1O2. The molecule has 2 aliphatic rings. The zero-order valence-electron chi connectivity index (χ0n) is 33.7. The van der Waals surface area contributed by atoms with Gasteiger partial charge >= 0.3 is 0 Å². The number of hydrogen-bond donors (Lipinski definition) is 0. The van der Waals surface area contributed by atoms with E-state index in [1.54, 1.807) is 11.3 Å². The molecule has 1 aliphatic heterocycles. The first-order chi connectivity index (χ1) is 30.6. The van der Waals surface area contributed by atoms with E-state index in [9.17, 15) is 0 Å². The van der Waals surface area contributed by atoms with Crippen LogP contribution in [-0.2, 0) is 0 Å². The van der Waals surface area contributed by atoms with Crippen LogP contribution in [0.3, 0.4) is 0 Å². The molecule has 0 amide bonds. The Bertz CT molecular complexity index is 3710. The second-order valence-electron chi connectivity index (χ2n) is 16.5. The lowest BCUT2D eigenvalue weighted by Crippen LogP contribution is -2.32. The Labute approximate surface area is 361 Å². The first kappa shape index (κ1) is 35.1. The van der Waals surface area contributed by atoms with E-state index >= 15 is 0 Å². The van der Waals surface area contributed by atoms with E-state index in [2.05, 4.69) is 200 Å². The smallest absolute Gasteiger partial charge is 0.169 e. The molecule has 0 spiro atoms. The zero-order chi connectivity index (χ0) is 40.9. The lowest BCUT2D eigenvalue weighted by Gasteiger charge is -2.27. The van der Waals surface area contributed by atoms with E-state index in [4.69, 9.17) is 19.7 Å². The maximum atomic E-state index is 7.25. The molecule has 0 radical (unpaired) electrons. The summed E-state index contributed by atoms with van der Waals surface area (Å²) in [5.41, 5.74) is 8.62. The van der Waals surface area contributed by atoms with Crippen LogP contribution < -0.4 is 4.74 Å². The first-order valence-electron chi connectivity index (χ1n) is 21.1. The van der Waals surface area contributed by atoms with Gasteiger partial charge in [0.05, 0.1) is 22.3 Å². The van der Waals surface area contributed by atoms with Gasteiger partial charge in [0, 0.05) is 53.6 Å². The van der Waals surface area contributed by atoms with E-state index in [-0.39, 0.29) is 5.92 Å². The van der Waals surface area contributed by atoms with Crippen molar-refractivity contribution >= 4 is 64.1 Å². The Hall–Kier alpha value is -7.67. The number of benzene rings is 8. The molecule has 8 aromatic carbocycles. The van der Waals surface area contributed by atoms with E-state index in [1.165, 1.54) is 37.0 Å². The highest BCUT2D eigenvalue weighted by atomic mass is 32.1. The normalized spacial score (nSPS) is 16.7. The van der Waals surface area contributed by atoms with E-state index < -0.39 is 5.60 Å². The molecule has 6 heteroatoms. The number of rotatable bonds is 5. The summed E-state index contributed by atoms with van der Waals surface area (Å²) in [4.78, 5) is 16.4. The third-order valence-electron chi connectivity index (χ3n) is 12.8. The minimum atomic E-state index is -0.577. The van der Waals surface area contributed by atoms with Crippen LogP contribution in [0.4, 0.5) is 0 Å². The van der Waals surface area contributed by atoms with E-state index in [0.29, 0.717) is 17.5 Å². The molecule has 1 aliphatic carbocycles. The number of para-hydroxylation sites is 1. The third kappa shape index (κ3) is 5.30. The summed E-state index contributed by atoms with van der Waals surface area (Å²) in [6.07, 6.45) is 8.64. The fourth-order valence-corrected chi connectivity index (χ4v) is 11.0. The van der Waals surface area contributed by atoms with Gasteiger partial charge in [-0.25, -0.2) is 15.0 Å². The molecule has 292 valence electrons. The summed E-state index contributed by atoms with van der Waals surface area (Å²) in [5.74, 6) is 2.58. The van der Waals surface area contributed by atoms with E-state index in [1.807, 2.05) is 6.07 Å². The van der Waals surface area contributed by atoms with Gasteiger partial charge in [0.25, 0.3) is 0 Å². The molecule has 0 fully saturated rings. The minimum absolute atomic E-state index is 0.0213. The van der Waals surface area contributed by atoms with Crippen molar-refractivity contribution in [1.29, 1.82) is 0 Å². The van der Waals surface area contributed by atoms with Gasteiger partial charge in [-0.15, -0.1) is 11.3 Å². The van der Waals surface area contributed by atoms with Crippen LogP contribution in [0.15, 0.2) is 194 Å². The van der Waals surface area contributed by atoms with Crippen LogP contribution in [0.25, 0.3) is 104 Å². The maximum Gasteiger partial charge on any atom is 0.169 e. The fourth-order valence-electron chi connectivity index (χ4n) is 9.84. The Balaban J connectivity index is 1.14. The fraction of sp³-hybridized carbons (Fsp3) is 0.0536. The average molecular weight is 813 g/mol. The van der Waals surface area contributed by atoms with Gasteiger partial charge in [0.1, 0.15) is 11.4 Å². The van der Waals surface area contributed by atoms with Crippen molar-refractivity contribution in [3.05, 3.63) is 200 Å². The number of nitrogens with zero attached hydrogens (tertiary/aromatic N) is 4. The summed E-state index contributed by atoms with van der Waals surface area (Å²) >= 11 is 1.78. The van der Waals surface area contributed by atoms with Crippen LogP contribution in [0.5, 0.6) is 5.75 Å². The van der Waals surface area contributed by atoms with E-state index in [0.717, 1.165) is 60.6 Å². The molecule has 2 unspecified atom stereocenters. The molecular weight excluding hydrogens is 777 g/mol. The molecule has 0 bridgehead atoms. The van der Waals surface area contributed by atoms with Gasteiger partial charge in [-0.3, -0.25) is 0 Å². The lowest BCUT2D eigenvalue weighted by atomic mass is 9.82. The number of thiophene rings is 1. The zero-order valence-corrected chi connectivity index (χ0v) is 34.5. The predicted octanol–water partition coefficient (Wildman–Crippen LogP) is 14.5. The Morgan fingerprint density at radius 1 is 0.548 bits per heavy atom. The highest BCUT2D eigenvalue weighted by Crippen LogP contribution is 2.54. The second-order valence-corrected chi connectivity index (χ2v) is 17.5. The largest absolute Gasteiger partial charge is 0.481 e.